The average molecular weight is 395 g/mol. The van der Waals surface area contributed by atoms with Crippen LogP contribution in [0.3, 0.4) is 0 Å². The number of benzene rings is 1. The SMILES string of the molecule is Cc1nn(Cc2ccccc2Cl)c(Cl)c1C(=O)N(C)CC(=O)NC1CC1. The smallest absolute Gasteiger partial charge is 0.259 e. The molecule has 0 radical (unpaired) electrons. The van der Waals surface area contributed by atoms with Gasteiger partial charge in [0, 0.05) is 18.1 Å². The fourth-order valence-electron chi connectivity index (χ4n) is 2.67. The molecule has 0 unspecified atom stereocenters. The Balaban J connectivity index is 1.75. The van der Waals surface area contributed by atoms with E-state index in [1.54, 1.807) is 24.7 Å². The van der Waals surface area contributed by atoms with Gasteiger partial charge in [-0.25, -0.2) is 4.68 Å². The molecule has 1 saturated carbocycles. The molecule has 0 atom stereocenters. The summed E-state index contributed by atoms with van der Waals surface area (Å²) in [6.07, 6.45) is 2.01. The van der Waals surface area contributed by atoms with Crippen LogP contribution in [0.5, 0.6) is 0 Å². The second-order valence-corrected chi connectivity index (χ2v) is 7.27. The number of carbonyl (C=O) groups is 2. The summed E-state index contributed by atoms with van der Waals surface area (Å²) < 4.78 is 1.55. The lowest BCUT2D eigenvalue weighted by Gasteiger charge is -2.16. The van der Waals surface area contributed by atoms with Crippen molar-refractivity contribution in [1.82, 2.24) is 20.0 Å². The molecule has 2 amide bonds. The second-order valence-electron chi connectivity index (χ2n) is 6.50. The molecule has 0 saturated heterocycles. The van der Waals surface area contributed by atoms with E-state index in [-0.39, 0.29) is 29.6 Å². The number of likely N-dealkylation sites (N-methyl/N-ethyl adjacent to an activating group) is 1. The molecular formula is C18H20Cl2N4O2. The average Bonchev–Trinajstić information content (AvgIpc) is 3.34. The monoisotopic (exact) mass is 394 g/mol. The van der Waals surface area contributed by atoms with Crippen molar-refractivity contribution in [1.29, 1.82) is 0 Å². The molecule has 0 spiro atoms. The molecule has 1 fully saturated rings. The second kappa shape index (κ2) is 7.68. The van der Waals surface area contributed by atoms with Crippen LogP contribution in [0.4, 0.5) is 0 Å². The number of hydrogen-bond donors (Lipinski definition) is 1. The molecule has 26 heavy (non-hydrogen) atoms. The van der Waals surface area contributed by atoms with Crippen molar-refractivity contribution in [3.05, 3.63) is 51.3 Å². The summed E-state index contributed by atoms with van der Waals surface area (Å²) in [6, 6.07) is 7.65. The molecule has 1 N–H and O–H groups in total. The van der Waals surface area contributed by atoms with Crippen LogP contribution in [-0.4, -0.2) is 46.1 Å². The number of aromatic nitrogens is 2. The van der Waals surface area contributed by atoms with E-state index in [9.17, 15) is 9.59 Å². The van der Waals surface area contributed by atoms with Gasteiger partial charge in [-0.1, -0.05) is 41.4 Å². The third-order valence-corrected chi connectivity index (χ3v) is 4.98. The highest BCUT2D eigenvalue weighted by Crippen LogP contribution is 2.24. The summed E-state index contributed by atoms with van der Waals surface area (Å²) in [5, 5.41) is 8.08. The van der Waals surface area contributed by atoms with E-state index >= 15 is 0 Å². The van der Waals surface area contributed by atoms with Gasteiger partial charge in [-0.05, 0) is 31.4 Å². The van der Waals surface area contributed by atoms with Gasteiger partial charge in [0.15, 0.2) is 0 Å². The van der Waals surface area contributed by atoms with Crippen molar-refractivity contribution in [2.75, 3.05) is 13.6 Å². The highest BCUT2D eigenvalue weighted by Gasteiger charge is 2.27. The number of nitrogens with one attached hydrogen (secondary N) is 1. The van der Waals surface area contributed by atoms with Crippen molar-refractivity contribution in [2.24, 2.45) is 0 Å². The molecule has 1 aliphatic carbocycles. The Morgan fingerprint density at radius 1 is 1.31 bits per heavy atom. The number of aryl methyl sites for hydroxylation is 1. The fraction of sp³-hybridized carbons (Fsp3) is 0.389. The van der Waals surface area contributed by atoms with E-state index < -0.39 is 0 Å². The van der Waals surface area contributed by atoms with Gasteiger partial charge in [-0.2, -0.15) is 5.10 Å². The van der Waals surface area contributed by atoms with Gasteiger partial charge in [0.05, 0.1) is 24.3 Å². The summed E-state index contributed by atoms with van der Waals surface area (Å²) in [6.45, 7) is 2.07. The fourth-order valence-corrected chi connectivity index (χ4v) is 3.18. The van der Waals surface area contributed by atoms with E-state index in [1.807, 2.05) is 18.2 Å². The van der Waals surface area contributed by atoms with E-state index in [2.05, 4.69) is 10.4 Å². The van der Waals surface area contributed by atoms with Gasteiger partial charge < -0.3 is 10.2 Å². The van der Waals surface area contributed by atoms with Crippen molar-refractivity contribution in [3.8, 4) is 0 Å². The van der Waals surface area contributed by atoms with E-state index in [1.165, 1.54) is 4.90 Å². The Bertz CT molecular complexity index is 846. The van der Waals surface area contributed by atoms with Gasteiger partial charge in [0.1, 0.15) is 5.15 Å². The molecule has 1 aromatic heterocycles. The minimum absolute atomic E-state index is 0.0131. The van der Waals surface area contributed by atoms with Gasteiger partial charge in [0.25, 0.3) is 5.91 Å². The van der Waals surface area contributed by atoms with Crippen molar-refractivity contribution in [2.45, 2.75) is 32.4 Å². The molecule has 1 heterocycles. The Kier molecular flexibility index (Phi) is 5.53. The van der Waals surface area contributed by atoms with Gasteiger partial charge in [-0.15, -0.1) is 0 Å². The first kappa shape index (κ1) is 18.7. The zero-order valence-corrected chi connectivity index (χ0v) is 16.1. The highest BCUT2D eigenvalue weighted by molar-refractivity contribution is 6.33. The lowest BCUT2D eigenvalue weighted by molar-refractivity contribution is -0.121. The van der Waals surface area contributed by atoms with Crippen LogP contribution >= 0.6 is 23.2 Å². The van der Waals surface area contributed by atoms with Crippen molar-refractivity contribution in [3.63, 3.8) is 0 Å². The first-order valence-corrected chi connectivity index (χ1v) is 9.13. The molecule has 8 heteroatoms. The number of nitrogens with zero attached hydrogens (tertiary/aromatic N) is 3. The normalized spacial score (nSPS) is 13.5. The standard InChI is InChI=1S/C18H20Cl2N4O2/c1-11-16(18(26)23(2)10-15(25)21-13-7-8-13)17(20)24(22-11)9-12-5-3-4-6-14(12)19/h3-6,13H,7-10H2,1-2H3,(H,21,25). The van der Waals surface area contributed by atoms with Crippen LogP contribution in [0.15, 0.2) is 24.3 Å². The van der Waals surface area contributed by atoms with Crippen LogP contribution in [-0.2, 0) is 11.3 Å². The maximum Gasteiger partial charge on any atom is 0.259 e. The molecule has 0 aliphatic heterocycles. The van der Waals surface area contributed by atoms with Crippen LogP contribution in [0.2, 0.25) is 10.2 Å². The third-order valence-electron chi connectivity index (χ3n) is 4.23. The molecule has 3 rings (SSSR count). The van der Waals surface area contributed by atoms with Gasteiger partial charge >= 0.3 is 0 Å². The minimum atomic E-state index is -0.330. The summed E-state index contributed by atoms with van der Waals surface area (Å²) in [5.74, 6) is -0.496. The molecule has 138 valence electrons. The zero-order valence-electron chi connectivity index (χ0n) is 14.6. The number of halogens is 2. The van der Waals surface area contributed by atoms with E-state index in [0.29, 0.717) is 22.8 Å². The lowest BCUT2D eigenvalue weighted by Crippen LogP contribution is -2.39. The third kappa shape index (κ3) is 4.19. The molecular weight excluding hydrogens is 375 g/mol. The number of carbonyl (C=O) groups excluding carboxylic acids is 2. The molecule has 1 aromatic carbocycles. The van der Waals surface area contributed by atoms with Crippen molar-refractivity contribution < 1.29 is 9.59 Å². The summed E-state index contributed by atoms with van der Waals surface area (Å²) in [4.78, 5) is 26.0. The lowest BCUT2D eigenvalue weighted by atomic mass is 10.2. The molecule has 6 nitrogen and oxygen atoms in total. The van der Waals surface area contributed by atoms with E-state index in [0.717, 1.165) is 18.4 Å². The van der Waals surface area contributed by atoms with Crippen LogP contribution in [0.1, 0.15) is 34.5 Å². The maximum absolute atomic E-state index is 12.7. The quantitative estimate of drug-likeness (QED) is 0.818. The Morgan fingerprint density at radius 3 is 2.65 bits per heavy atom. The topological polar surface area (TPSA) is 67.2 Å². The van der Waals surface area contributed by atoms with Gasteiger partial charge in [0.2, 0.25) is 5.91 Å². The number of amides is 2. The van der Waals surface area contributed by atoms with Crippen molar-refractivity contribution >= 4 is 35.0 Å². The molecule has 1 aliphatic rings. The first-order chi connectivity index (χ1) is 12.4. The number of hydrogen-bond acceptors (Lipinski definition) is 3. The van der Waals surface area contributed by atoms with Crippen LogP contribution in [0, 0.1) is 6.92 Å². The summed E-state index contributed by atoms with van der Waals surface area (Å²) in [7, 11) is 1.58. The largest absolute Gasteiger partial charge is 0.352 e. The predicted molar refractivity (Wildman–Crippen MR) is 101 cm³/mol. The Labute approximate surface area is 162 Å². The van der Waals surface area contributed by atoms with Gasteiger partial charge in [-0.3, -0.25) is 9.59 Å². The minimum Gasteiger partial charge on any atom is -0.352 e. The maximum atomic E-state index is 12.7. The summed E-state index contributed by atoms with van der Waals surface area (Å²) >= 11 is 12.6. The van der Waals surface area contributed by atoms with Crippen LogP contribution in [0.25, 0.3) is 0 Å². The predicted octanol–water partition coefficient (Wildman–Crippen LogP) is 2.90. The number of rotatable bonds is 6. The highest BCUT2D eigenvalue weighted by atomic mass is 35.5. The zero-order chi connectivity index (χ0) is 18.8. The Hall–Kier alpha value is -2.05. The molecule has 2 aromatic rings. The Morgan fingerprint density at radius 2 is 2.00 bits per heavy atom. The van der Waals surface area contributed by atoms with Crippen LogP contribution < -0.4 is 5.32 Å². The van der Waals surface area contributed by atoms with E-state index in [4.69, 9.17) is 23.2 Å². The molecule has 0 bridgehead atoms. The summed E-state index contributed by atoms with van der Waals surface area (Å²) in [5.41, 5.74) is 1.68. The first-order valence-electron chi connectivity index (χ1n) is 8.38.